The van der Waals surface area contributed by atoms with Crippen LogP contribution in [0.15, 0.2) is 60.7 Å². The number of rotatable bonds is 6. The number of carbonyl (C=O) groups is 1. The van der Waals surface area contributed by atoms with Crippen LogP contribution >= 0.6 is 0 Å². The van der Waals surface area contributed by atoms with Crippen molar-refractivity contribution in [3.8, 4) is 28.4 Å². The number of para-hydroxylation sites is 1. The topological polar surface area (TPSA) is 44.8 Å². The standard InChI is InChI=1S/C25H21FO4/c1-28-21-5-3-2-4-19(21)16-6-8-20(26)17(12-16)13-24(27)25(10-11-25)18-7-9-22-23(14-18)30-15-29-22/h2-9,12,14H,10-11,13,15H2,1H3. The quantitative estimate of drug-likeness (QED) is 0.575. The molecule has 30 heavy (non-hydrogen) atoms. The summed E-state index contributed by atoms with van der Waals surface area (Å²) in [6.07, 6.45) is 1.57. The van der Waals surface area contributed by atoms with Crippen LogP contribution in [0.5, 0.6) is 17.2 Å². The molecule has 1 fully saturated rings. The first-order valence-electron chi connectivity index (χ1n) is 9.96. The van der Waals surface area contributed by atoms with Gasteiger partial charge in [-0.3, -0.25) is 4.79 Å². The smallest absolute Gasteiger partial charge is 0.231 e. The first kappa shape index (κ1) is 18.7. The zero-order valence-electron chi connectivity index (χ0n) is 16.6. The van der Waals surface area contributed by atoms with E-state index in [1.54, 1.807) is 19.2 Å². The highest BCUT2D eigenvalue weighted by atomic mass is 19.1. The van der Waals surface area contributed by atoms with E-state index in [4.69, 9.17) is 14.2 Å². The fourth-order valence-corrected chi connectivity index (χ4v) is 4.15. The van der Waals surface area contributed by atoms with Crippen LogP contribution in [0, 0.1) is 5.82 Å². The van der Waals surface area contributed by atoms with Gasteiger partial charge in [0.15, 0.2) is 11.5 Å². The molecular weight excluding hydrogens is 383 g/mol. The van der Waals surface area contributed by atoms with Crippen LogP contribution in [0.1, 0.15) is 24.0 Å². The fraction of sp³-hybridized carbons (Fsp3) is 0.240. The summed E-state index contributed by atoms with van der Waals surface area (Å²) in [6, 6.07) is 18.1. The van der Waals surface area contributed by atoms with E-state index in [-0.39, 0.29) is 24.8 Å². The molecule has 1 heterocycles. The van der Waals surface area contributed by atoms with Crippen molar-refractivity contribution in [2.24, 2.45) is 0 Å². The van der Waals surface area contributed by atoms with Gasteiger partial charge in [0.1, 0.15) is 17.3 Å². The number of hydrogen-bond acceptors (Lipinski definition) is 4. The average molecular weight is 404 g/mol. The van der Waals surface area contributed by atoms with E-state index in [9.17, 15) is 9.18 Å². The molecule has 0 bridgehead atoms. The summed E-state index contributed by atoms with van der Waals surface area (Å²) in [5.74, 6) is 1.72. The van der Waals surface area contributed by atoms with E-state index in [0.29, 0.717) is 22.8 Å². The lowest BCUT2D eigenvalue weighted by Crippen LogP contribution is -2.23. The Labute approximate surface area is 174 Å². The number of hydrogen-bond donors (Lipinski definition) is 0. The lowest BCUT2D eigenvalue weighted by Gasteiger charge is -2.16. The third-order valence-corrected chi connectivity index (χ3v) is 6.02. The summed E-state index contributed by atoms with van der Waals surface area (Å²) in [4.78, 5) is 13.3. The second-order valence-electron chi connectivity index (χ2n) is 7.76. The van der Waals surface area contributed by atoms with Crippen LogP contribution < -0.4 is 14.2 Å². The third kappa shape index (κ3) is 3.11. The van der Waals surface area contributed by atoms with Crippen molar-refractivity contribution < 1.29 is 23.4 Å². The minimum absolute atomic E-state index is 0.0254. The molecule has 0 radical (unpaired) electrons. The van der Waals surface area contributed by atoms with E-state index in [1.807, 2.05) is 42.5 Å². The van der Waals surface area contributed by atoms with Gasteiger partial charge in [-0.05, 0) is 59.9 Å². The van der Waals surface area contributed by atoms with Gasteiger partial charge in [0.25, 0.3) is 0 Å². The van der Waals surface area contributed by atoms with Gasteiger partial charge in [0.05, 0.1) is 12.5 Å². The van der Waals surface area contributed by atoms with Crippen LogP contribution in [-0.4, -0.2) is 19.7 Å². The predicted octanol–water partition coefficient (Wildman–Crippen LogP) is 5.07. The first-order valence-corrected chi connectivity index (χ1v) is 9.96. The molecule has 1 saturated carbocycles. The number of ketones is 1. The molecule has 0 atom stereocenters. The molecule has 0 saturated heterocycles. The van der Waals surface area contributed by atoms with Crippen molar-refractivity contribution in [2.45, 2.75) is 24.7 Å². The molecule has 1 aliphatic carbocycles. The number of methoxy groups -OCH3 is 1. The lowest BCUT2D eigenvalue weighted by molar-refractivity contribution is -0.120. The average Bonchev–Trinajstić information content (AvgIpc) is 3.46. The Morgan fingerprint density at radius 2 is 1.83 bits per heavy atom. The molecule has 152 valence electrons. The highest BCUT2D eigenvalue weighted by Gasteiger charge is 2.51. The van der Waals surface area contributed by atoms with Gasteiger partial charge in [-0.1, -0.05) is 30.3 Å². The second kappa shape index (κ2) is 7.17. The molecule has 5 heteroatoms. The summed E-state index contributed by atoms with van der Waals surface area (Å²) in [6.45, 7) is 0.195. The molecule has 5 rings (SSSR count). The zero-order chi connectivity index (χ0) is 20.7. The van der Waals surface area contributed by atoms with Crippen molar-refractivity contribution >= 4 is 5.78 Å². The number of ether oxygens (including phenoxy) is 3. The Hall–Kier alpha value is -3.34. The maximum atomic E-state index is 14.6. The highest BCUT2D eigenvalue weighted by molar-refractivity contribution is 5.95. The largest absolute Gasteiger partial charge is 0.496 e. The van der Waals surface area contributed by atoms with Crippen molar-refractivity contribution in [1.29, 1.82) is 0 Å². The van der Waals surface area contributed by atoms with Crippen LogP contribution in [0.25, 0.3) is 11.1 Å². The summed E-state index contributed by atoms with van der Waals surface area (Å²) < 4.78 is 30.9. The molecule has 2 aliphatic rings. The number of carbonyl (C=O) groups excluding carboxylic acids is 1. The molecule has 3 aromatic rings. The van der Waals surface area contributed by atoms with Gasteiger partial charge < -0.3 is 14.2 Å². The molecule has 0 N–H and O–H groups in total. The summed E-state index contributed by atoms with van der Waals surface area (Å²) in [7, 11) is 1.61. The molecule has 1 aliphatic heterocycles. The van der Waals surface area contributed by atoms with Gasteiger partial charge >= 0.3 is 0 Å². The van der Waals surface area contributed by atoms with E-state index in [2.05, 4.69) is 0 Å². The Kier molecular flexibility index (Phi) is 4.46. The molecular formula is C25H21FO4. The molecule has 4 nitrogen and oxygen atoms in total. The normalized spacial score (nSPS) is 15.7. The molecule has 0 aromatic heterocycles. The van der Waals surface area contributed by atoms with Crippen molar-refractivity contribution in [2.75, 3.05) is 13.9 Å². The number of fused-ring (bicyclic) bond motifs is 1. The maximum Gasteiger partial charge on any atom is 0.231 e. The SMILES string of the molecule is COc1ccccc1-c1ccc(F)c(CC(=O)C2(c3ccc4c(c3)OCO4)CC2)c1. The lowest BCUT2D eigenvalue weighted by atomic mass is 9.87. The Balaban J connectivity index is 1.44. The Morgan fingerprint density at radius 1 is 1.03 bits per heavy atom. The first-order chi connectivity index (χ1) is 14.6. The fourth-order valence-electron chi connectivity index (χ4n) is 4.15. The number of benzene rings is 3. The number of Topliss-reactive ketones (excluding diaryl/α,β-unsaturated/α-hetero) is 1. The monoisotopic (exact) mass is 404 g/mol. The third-order valence-electron chi connectivity index (χ3n) is 6.02. The summed E-state index contributed by atoms with van der Waals surface area (Å²) in [5, 5.41) is 0. The van der Waals surface area contributed by atoms with E-state index in [1.165, 1.54) is 6.07 Å². The zero-order valence-corrected chi connectivity index (χ0v) is 16.6. The maximum absolute atomic E-state index is 14.6. The molecule has 0 amide bonds. The molecule has 3 aromatic carbocycles. The van der Waals surface area contributed by atoms with E-state index in [0.717, 1.165) is 29.5 Å². The van der Waals surface area contributed by atoms with Crippen LogP contribution in [-0.2, 0) is 16.6 Å². The predicted molar refractivity (Wildman–Crippen MR) is 111 cm³/mol. The van der Waals surface area contributed by atoms with Crippen molar-refractivity contribution in [3.63, 3.8) is 0 Å². The summed E-state index contributed by atoms with van der Waals surface area (Å²) in [5.41, 5.74) is 2.44. The van der Waals surface area contributed by atoms with E-state index < -0.39 is 5.41 Å². The van der Waals surface area contributed by atoms with Crippen molar-refractivity contribution in [1.82, 2.24) is 0 Å². The van der Waals surface area contributed by atoms with E-state index >= 15 is 0 Å². The summed E-state index contributed by atoms with van der Waals surface area (Å²) >= 11 is 0. The Morgan fingerprint density at radius 3 is 2.63 bits per heavy atom. The van der Waals surface area contributed by atoms with Gasteiger partial charge in [-0.25, -0.2) is 4.39 Å². The minimum Gasteiger partial charge on any atom is -0.496 e. The van der Waals surface area contributed by atoms with Gasteiger partial charge in [0, 0.05) is 12.0 Å². The minimum atomic E-state index is -0.562. The van der Waals surface area contributed by atoms with Crippen LogP contribution in [0.2, 0.25) is 0 Å². The highest BCUT2D eigenvalue weighted by Crippen LogP contribution is 2.51. The molecule has 0 spiro atoms. The van der Waals surface area contributed by atoms with Crippen molar-refractivity contribution in [3.05, 3.63) is 77.6 Å². The van der Waals surface area contributed by atoms with Gasteiger partial charge in [-0.2, -0.15) is 0 Å². The van der Waals surface area contributed by atoms with Crippen LogP contribution in [0.4, 0.5) is 4.39 Å². The van der Waals surface area contributed by atoms with Gasteiger partial charge in [0.2, 0.25) is 6.79 Å². The molecule has 0 unspecified atom stereocenters. The Bertz CT molecular complexity index is 1130. The second-order valence-corrected chi connectivity index (χ2v) is 7.76. The van der Waals surface area contributed by atoms with Crippen LogP contribution in [0.3, 0.4) is 0 Å². The number of halogens is 1. The van der Waals surface area contributed by atoms with Gasteiger partial charge in [-0.15, -0.1) is 0 Å².